The molecule has 1 aliphatic heterocycles. The molecule has 0 radical (unpaired) electrons. The van der Waals surface area contributed by atoms with Gasteiger partial charge in [-0.25, -0.2) is 0 Å². The molecule has 3 heterocycles. The first-order valence-corrected chi connectivity index (χ1v) is 11.6. The number of para-hydroxylation sites is 1. The van der Waals surface area contributed by atoms with Crippen LogP contribution < -0.4 is 20.9 Å². The summed E-state index contributed by atoms with van der Waals surface area (Å²) in [6.07, 6.45) is 6.29. The van der Waals surface area contributed by atoms with E-state index in [1.165, 1.54) is 29.4 Å². The largest absolute Gasteiger partial charge is 0.370 e. The average Bonchev–Trinajstić information content (AvgIpc) is 3.23. The molecule has 3 aromatic rings. The third-order valence-corrected chi connectivity index (χ3v) is 6.01. The van der Waals surface area contributed by atoms with Crippen molar-refractivity contribution < 1.29 is 0 Å². The minimum absolute atomic E-state index is 0.559. The van der Waals surface area contributed by atoms with E-state index in [-0.39, 0.29) is 0 Å². The Kier molecular flexibility index (Phi) is 7.57. The Morgan fingerprint density at radius 2 is 1.84 bits per heavy atom. The third kappa shape index (κ3) is 6.06. The van der Waals surface area contributed by atoms with Crippen LogP contribution in [0.3, 0.4) is 0 Å². The molecule has 0 spiro atoms. The lowest BCUT2D eigenvalue weighted by Gasteiger charge is -2.34. The van der Waals surface area contributed by atoms with Crippen LogP contribution in [0.1, 0.15) is 26.7 Å². The first-order valence-electron chi connectivity index (χ1n) is 11.6. The Hall–Kier alpha value is -2.41. The second-order valence-corrected chi connectivity index (χ2v) is 8.78. The van der Waals surface area contributed by atoms with Crippen LogP contribution in [0.15, 0.2) is 48.8 Å². The Morgan fingerprint density at radius 3 is 2.65 bits per heavy atom. The molecule has 166 valence electrons. The smallest absolute Gasteiger partial charge is 0.0559 e. The second-order valence-electron chi connectivity index (χ2n) is 8.78. The van der Waals surface area contributed by atoms with Gasteiger partial charge in [-0.15, -0.1) is 0 Å². The molecule has 1 saturated heterocycles. The zero-order valence-corrected chi connectivity index (χ0v) is 18.8. The van der Waals surface area contributed by atoms with Gasteiger partial charge in [-0.2, -0.15) is 0 Å². The molecule has 0 bridgehead atoms. The highest BCUT2D eigenvalue weighted by Gasteiger charge is 2.19. The highest BCUT2D eigenvalue weighted by molar-refractivity contribution is 5.86. The van der Waals surface area contributed by atoms with Crippen LogP contribution in [0.4, 0.5) is 5.69 Å². The van der Waals surface area contributed by atoms with Gasteiger partial charge in [0.1, 0.15) is 0 Å². The molecule has 0 saturated carbocycles. The lowest BCUT2D eigenvalue weighted by molar-refractivity contribution is 0.412. The standard InChI is InChI=1S/C25H36N6/c1-19(2)28-11-9-26-10-12-29-22-7-13-31(14-8-22)23-15-21(17-27-18-23)25-16-20-5-3-4-6-24(20)30-25/h3-6,15-19,22,26,28-30H,7-14H2,1-2H3. The second kappa shape index (κ2) is 10.8. The van der Waals surface area contributed by atoms with Crippen molar-refractivity contribution in [1.82, 2.24) is 25.9 Å². The van der Waals surface area contributed by atoms with E-state index in [1.807, 2.05) is 12.4 Å². The molecule has 6 nitrogen and oxygen atoms in total. The lowest BCUT2D eigenvalue weighted by Crippen LogP contribution is -2.44. The Labute approximate surface area is 185 Å². The first-order chi connectivity index (χ1) is 15.2. The van der Waals surface area contributed by atoms with E-state index in [0.717, 1.165) is 50.5 Å². The maximum atomic E-state index is 4.53. The summed E-state index contributed by atoms with van der Waals surface area (Å²) in [4.78, 5) is 10.5. The number of fused-ring (bicyclic) bond motifs is 1. The summed E-state index contributed by atoms with van der Waals surface area (Å²) < 4.78 is 0. The number of piperidine rings is 1. The fraction of sp³-hybridized carbons (Fsp3) is 0.480. The molecular weight excluding hydrogens is 384 g/mol. The predicted octanol–water partition coefficient (Wildman–Crippen LogP) is 3.38. The van der Waals surface area contributed by atoms with Gasteiger partial charge in [0, 0.05) is 79.7 Å². The quantitative estimate of drug-likeness (QED) is 0.379. The van der Waals surface area contributed by atoms with Crippen molar-refractivity contribution in [3.63, 3.8) is 0 Å². The number of hydrogen-bond acceptors (Lipinski definition) is 5. The molecule has 4 rings (SSSR count). The zero-order valence-electron chi connectivity index (χ0n) is 18.8. The van der Waals surface area contributed by atoms with Gasteiger partial charge in [0.25, 0.3) is 0 Å². The van der Waals surface area contributed by atoms with Crippen molar-refractivity contribution in [1.29, 1.82) is 0 Å². The first kappa shape index (κ1) is 21.8. The molecule has 1 aliphatic rings. The summed E-state index contributed by atoms with van der Waals surface area (Å²) >= 11 is 0. The van der Waals surface area contributed by atoms with Gasteiger partial charge in [-0.1, -0.05) is 32.0 Å². The van der Waals surface area contributed by atoms with Crippen LogP contribution in [-0.2, 0) is 0 Å². The minimum Gasteiger partial charge on any atom is -0.370 e. The Balaban J connectivity index is 1.23. The zero-order chi connectivity index (χ0) is 21.5. The van der Waals surface area contributed by atoms with Gasteiger partial charge >= 0.3 is 0 Å². The molecule has 0 aliphatic carbocycles. The molecule has 6 heteroatoms. The van der Waals surface area contributed by atoms with Crippen molar-refractivity contribution in [3.8, 4) is 11.3 Å². The molecule has 1 aromatic carbocycles. The summed E-state index contributed by atoms with van der Waals surface area (Å²) in [6.45, 7) is 10.6. The van der Waals surface area contributed by atoms with Crippen LogP contribution in [0.5, 0.6) is 0 Å². The van der Waals surface area contributed by atoms with E-state index in [2.05, 4.69) is 81.1 Å². The van der Waals surface area contributed by atoms with E-state index in [9.17, 15) is 0 Å². The number of pyridine rings is 1. The van der Waals surface area contributed by atoms with Gasteiger partial charge < -0.3 is 25.8 Å². The number of hydrogen-bond donors (Lipinski definition) is 4. The maximum Gasteiger partial charge on any atom is 0.0559 e. The van der Waals surface area contributed by atoms with Crippen molar-refractivity contribution >= 4 is 16.6 Å². The molecule has 2 aromatic heterocycles. The molecule has 0 atom stereocenters. The van der Waals surface area contributed by atoms with Crippen LogP contribution in [0, 0.1) is 0 Å². The molecule has 0 unspecified atom stereocenters. The summed E-state index contributed by atoms with van der Waals surface area (Å²) in [6, 6.07) is 14.0. The number of aromatic amines is 1. The Bertz CT molecular complexity index is 909. The summed E-state index contributed by atoms with van der Waals surface area (Å²) in [5.74, 6) is 0. The lowest BCUT2D eigenvalue weighted by atomic mass is 10.0. The number of aromatic nitrogens is 2. The molecule has 4 N–H and O–H groups in total. The maximum absolute atomic E-state index is 4.53. The van der Waals surface area contributed by atoms with Crippen molar-refractivity contribution in [3.05, 3.63) is 48.8 Å². The van der Waals surface area contributed by atoms with E-state index >= 15 is 0 Å². The minimum atomic E-state index is 0.559. The van der Waals surface area contributed by atoms with Crippen LogP contribution >= 0.6 is 0 Å². The van der Waals surface area contributed by atoms with E-state index < -0.39 is 0 Å². The van der Waals surface area contributed by atoms with Gasteiger partial charge in [-0.3, -0.25) is 4.98 Å². The van der Waals surface area contributed by atoms with Crippen LogP contribution in [0.25, 0.3) is 22.2 Å². The van der Waals surface area contributed by atoms with E-state index in [4.69, 9.17) is 0 Å². The fourth-order valence-corrected chi connectivity index (χ4v) is 4.26. The number of nitrogens with one attached hydrogen (secondary N) is 4. The van der Waals surface area contributed by atoms with Crippen molar-refractivity contribution in [2.24, 2.45) is 0 Å². The summed E-state index contributed by atoms with van der Waals surface area (Å²) in [7, 11) is 0. The number of benzene rings is 1. The fourth-order valence-electron chi connectivity index (χ4n) is 4.26. The van der Waals surface area contributed by atoms with Crippen LogP contribution in [0.2, 0.25) is 0 Å². The topological polar surface area (TPSA) is 68.0 Å². The van der Waals surface area contributed by atoms with E-state index in [0.29, 0.717) is 12.1 Å². The summed E-state index contributed by atoms with van der Waals surface area (Å²) in [5.41, 5.74) is 4.66. The molecule has 1 fully saturated rings. The monoisotopic (exact) mass is 420 g/mol. The SMILES string of the molecule is CC(C)NCCNCCNC1CCN(c2cncc(-c3cc4ccccc4[nH]3)c2)CC1. The summed E-state index contributed by atoms with van der Waals surface area (Å²) in [5, 5.41) is 11.9. The van der Waals surface area contributed by atoms with E-state index in [1.54, 1.807) is 0 Å². The number of rotatable bonds is 10. The number of H-pyrrole nitrogens is 1. The Morgan fingerprint density at radius 1 is 1.03 bits per heavy atom. The molecule has 0 amide bonds. The molecule has 31 heavy (non-hydrogen) atoms. The van der Waals surface area contributed by atoms with Gasteiger partial charge in [0.05, 0.1) is 11.9 Å². The third-order valence-electron chi connectivity index (χ3n) is 6.01. The normalized spacial score (nSPS) is 15.3. The van der Waals surface area contributed by atoms with Gasteiger partial charge in [-0.05, 0) is 31.0 Å². The van der Waals surface area contributed by atoms with Crippen LogP contribution in [-0.4, -0.2) is 61.3 Å². The molecular formula is C25H36N6. The predicted molar refractivity (Wildman–Crippen MR) is 131 cm³/mol. The van der Waals surface area contributed by atoms with Crippen molar-refractivity contribution in [2.45, 2.75) is 38.8 Å². The van der Waals surface area contributed by atoms with Gasteiger partial charge in [0.15, 0.2) is 0 Å². The van der Waals surface area contributed by atoms with Gasteiger partial charge in [0.2, 0.25) is 0 Å². The highest BCUT2D eigenvalue weighted by atomic mass is 15.2. The number of nitrogens with zero attached hydrogens (tertiary/aromatic N) is 2. The average molecular weight is 421 g/mol. The van der Waals surface area contributed by atoms with Crippen molar-refractivity contribution in [2.75, 3.05) is 44.2 Å². The number of anilines is 1. The highest BCUT2D eigenvalue weighted by Crippen LogP contribution is 2.27.